The molecule has 1 saturated carbocycles. The van der Waals surface area contributed by atoms with E-state index in [2.05, 4.69) is 10.5 Å². The Morgan fingerprint density at radius 2 is 1.57 bits per heavy atom. The zero-order valence-electron chi connectivity index (χ0n) is 20.6. The average molecular weight is 483 g/mol. The fourth-order valence-electron chi connectivity index (χ4n) is 4.56. The molecule has 2 aromatic carbocycles. The number of nitrogens with zero attached hydrogens (tertiary/aromatic N) is 1. The van der Waals surface area contributed by atoms with Crippen LogP contribution in [0.4, 0.5) is 0 Å². The van der Waals surface area contributed by atoms with Crippen molar-refractivity contribution in [3.05, 3.63) is 48.0 Å². The molecule has 0 aliphatic heterocycles. The van der Waals surface area contributed by atoms with Crippen molar-refractivity contribution in [1.82, 2.24) is 5.32 Å². The van der Waals surface area contributed by atoms with Crippen LogP contribution in [0.2, 0.25) is 0 Å². The first-order valence-electron chi connectivity index (χ1n) is 11.9. The number of methoxy groups -OCH3 is 2. The summed E-state index contributed by atoms with van der Waals surface area (Å²) in [4.78, 5) is 29.9. The molecule has 0 heterocycles. The fraction of sp³-hybridized carbons (Fsp3) is 0.444. The molecule has 8 heteroatoms. The Bertz CT molecular complexity index is 1000. The number of ether oxygens (including phenoxy) is 2. The number of aliphatic carboxylic acids is 1. The van der Waals surface area contributed by atoms with Crippen molar-refractivity contribution in [3.8, 4) is 22.6 Å². The van der Waals surface area contributed by atoms with Gasteiger partial charge in [-0.05, 0) is 36.1 Å². The number of benzene rings is 2. The fourth-order valence-corrected chi connectivity index (χ4v) is 4.56. The minimum atomic E-state index is -1.11. The first kappa shape index (κ1) is 26.1. The van der Waals surface area contributed by atoms with E-state index < -0.39 is 17.9 Å². The predicted octanol–water partition coefficient (Wildman–Crippen LogP) is 4.46. The van der Waals surface area contributed by atoms with Gasteiger partial charge in [-0.25, -0.2) is 4.79 Å². The lowest BCUT2D eigenvalue weighted by atomic mass is 9.93. The van der Waals surface area contributed by atoms with Crippen LogP contribution in [0.25, 0.3) is 11.1 Å². The van der Waals surface area contributed by atoms with E-state index in [1.165, 1.54) is 7.11 Å². The molecule has 8 nitrogen and oxygen atoms in total. The Morgan fingerprint density at radius 1 is 0.971 bits per heavy atom. The first-order valence-corrected chi connectivity index (χ1v) is 11.9. The summed E-state index contributed by atoms with van der Waals surface area (Å²) in [6, 6.07) is 11.9. The van der Waals surface area contributed by atoms with Gasteiger partial charge in [0, 0.05) is 12.3 Å². The SMILES string of the molecule is CON=C(C(=O)N[C@@H](Cc1ccc(-c2c(OC)cccc2OC)cc1)C(=O)O)C1CCCCCC1. The highest BCUT2D eigenvalue weighted by Gasteiger charge is 2.29. The van der Waals surface area contributed by atoms with Crippen LogP contribution in [0.3, 0.4) is 0 Å². The molecule has 0 bridgehead atoms. The lowest BCUT2D eigenvalue weighted by Gasteiger charge is -2.19. The first-order chi connectivity index (χ1) is 17.0. The Morgan fingerprint density at radius 3 is 2.09 bits per heavy atom. The van der Waals surface area contributed by atoms with Crippen LogP contribution in [0.15, 0.2) is 47.6 Å². The van der Waals surface area contributed by atoms with E-state index in [0.29, 0.717) is 11.5 Å². The Balaban J connectivity index is 1.76. The molecule has 0 radical (unpaired) electrons. The topological polar surface area (TPSA) is 106 Å². The Kier molecular flexibility index (Phi) is 9.52. The lowest BCUT2D eigenvalue weighted by Crippen LogP contribution is -2.46. The van der Waals surface area contributed by atoms with Gasteiger partial charge in [-0.2, -0.15) is 0 Å². The molecule has 1 aliphatic rings. The van der Waals surface area contributed by atoms with Gasteiger partial charge in [0.2, 0.25) is 0 Å². The summed E-state index contributed by atoms with van der Waals surface area (Å²) in [6.45, 7) is 0. The van der Waals surface area contributed by atoms with E-state index in [0.717, 1.165) is 55.2 Å². The summed E-state index contributed by atoms with van der Waals surface area (Å²) in [6.07, 6.45) is 6.14. The molecule has 1 amide bonds. The summed E-state index contributed by atoms with van der Waals surface area (Å²) < 4.78 is 11.0. The van der Waals surface area contributed by atoms with Crippen molar-refractivity contribution in [2.24, 2.45) is 11.1 Å². The van der Waals surface area contributed by atoms with Crippen molar-refractivity contribution in [2.75, 3.05) is 21.3 Å². The smallest absolute Gasteiger partial charge is 0.326 e. The molecule has 0 saturated heterocycles. The molecule has 1 fully saturated rings. The Hall–Kier alpha value is -3.55. The molecule has 2 aromatic rings. The van der Waals surface area contributed by atoms with Crippen molar-refractivity contribution < 1.29 is 29.0 Å². The number of rotatable bonds is 10. The third-order valence-corrected chi connectivity index (χ3v) is 6.38. The minimum Gasteiger partial charge on any atom is -0.496 e. The second kappa shape index (κ2) is 12.8. The molecular weight excluding hydrogens is 448 g/mol. The molecule has 35 heavy (non-hydrogen) atoms. The molecule has 0 spiro atoms. The largest absolute Gasteiger partial charge is 0.496 e. The van der Waals surface area contributed by atoms with Gasteiger partial charge >= 0.3 is 5.97 Å². The molecule has 0 aromatic heterocycles. The van der Waals surface area contributed by atoms with Gasteiger partial charge in [0.1, 0.15) is 30.4 Å². The molecule has 1 atom stereocenters. The van der Waals surface area contributed by atoms with Crippen molar-refractivity contribution >= 4 is 17.6 Å². The normalized spacial score (nSPS) is 15.6. The van der Waals surface area contributed by atoms with Gasteiger partial charge in [-0.1, -0.05) is 61.2 Å². The molecule has 188 valence electrons. The van der Waals surface area contributed by atoms with E-state index in [1.54, 1.807) is 14.2 Å². The van der Waals surface area contributed by atoms with Gasteiger partial charge in [-0.15, -0.1) is 0 Å². The van der Waals surface area contributed by atoms with Crippen LogP contribution in [0, 0.1) is 5.92 Å². The number of carbonyl (C=O) groups excluding carboxylic acids is 1. The number of hydrogen-bond donors (Lipinski definition) is 2. The van der Waals surface area contributed by atoms with Crippen molar-refractivity contribution in [1.29, 1.82) is 0 Å². The van der Waals surface area contributed by atoms with Gasteiger partial charge < -0.3 is 24.7 Å². The van der Waals surface area contributed by atoms with E-state index in [9.17, 15) is 14.7 Å². The van der Waals surface area contributed by atoms with Gasteiger partial charge in [0.05, 0.1) is 19.8 Å². The molecule has 3 rings (SSSR count). The van der Waals surface area contributed by atoms with Crippen LogP contribution >= 0.6 is 0 Å². The second-order valence-corrected chi connectivity index (χ2v) is 8.65. The highest BCUT2D eigenvalue weighted by atomic mass is 16.6. The number of hydrogen-bond acceptors (Lipinski definition) is 6. The van der Waals surface area contributed by atoms with Gasteiger partial charge in [0.25, 0.3) is 5.91 Å². The van der Waals surface area contributed by atoms with Gasteiger partial charge in [0.15, 0.2) is 0 Å². The minimum absolute atomic E-state index is 0.0259. The average Bonchev–Trinajstić information content (AvgIpc) is 3.16. The number of nitrogens with one attached hydrogen (secondary N) is 1. The monoisotopic (exact) mass is 482 g/mol. The summed E-state index contributed by atoms with van der Waals surface area (Å²) in [5.74, 6) is -0.262. The highest BCUT2D eigenvalue weighted by Crippen LogP contribution is 2.38. The van der Waals surface area contributed by atoms with Crippen LogP contribution in [0.5, 0.6) is 11.5 Å². The van der Waals surface area contributed by atoms with Crippen LogP contribution in [-0.2, 0) is 20.8 Å². The zero-order chi connectivity index (χ0) is 25.2. The number of carboxylic acid groups (broad SMARTS) is 1. The number of amides is 1. The maximum absolute atomic E-state index is 13.0. The molecule has 1 aliphatic carbocycles. The molecule has 2 N–H and O–H groups in total. The molecule has 0 unspecified atom stereocenters. The van der Waals surface area contributed by atoms with E-state index in [4.69, 9.17) is 14.3 Å². The van der Waals surface area contributed by atoms with Gasteiger partial charge in [-0.3, -0.25) is 4.79 Å². The van der Waals surface area contributed by atoms with E-state index in [1.807, 2.05) is 42.5 Å². The third kappa shape index (κ3) is 6.74. The highest BCUT2D eigenvalue weighted by molar-refractivity contribution is 6.39. The third-order valence-electron chi connectivity index (χ3n) is 6.38. The number of carboxylic acids is 1. The summed E-state index contributed by atoms with van der Waals surface area (Å²) >= 11 is 0. The van der Waals surface area contributed by atoms with Crippen LogP contribution in [-0.4, -0.2) is 50.1 Å². The number of oxime groups is 1. The van der Waals surface area contributed by atoms with Crippen molar-refractivity contribution in [3.63, 3.8) is 0 Å². The van der Waals surface area contributed by atoms with Crippen molar-refractivity contribution in [2.45, 2.75) is 51.0 Å². The Labute approximate surface area is 206 Å². The maximum Gasteiger partial charge on any atom is 0.326 e. The summed E-state index contributed by atoms with van der Waals surface area (Å²) in [5, 5.41) is 16.4. The predicted molar refractivity (Wildman–Crippen MR) is 134 cm³/mol. The quantitative estimate of drug-likeness (QED) is 0.294. The molecular formula is C27H34N2O6. The summed E-state index contributed by atoms with van der Waals surface area (Å²) in [7, 11) is 4.60. The zero-order valence-corrected chi connectivity index (χ0v) is 20.6. The van der Waals surface area contributed by atoms with Crippen LogP contribution in [0.1, 0.15) is 44.1 Å². The maximum atomic E-state index is 13.0. The van der Waals surface area contributed by atoms with Crippen LogP contribution < -0.4 is 14.8 Å². The standard InChI is InChI=1S/C27H34N2O6/c1-33-22-11-8-12-23(34-2)24(22)19-15-13-18(14-16-19)17-21(27(31)32)28-26(30)25(29-35-3)20-9-6-4-5-7-10-20/h8,11-16,20-21H,4-7,9-10,17H2,1-3H3,(H,28,30)(H,31,32)/t21-/m0/s1. The second-order valence-electron chi connectivity index (χ2n) is 8.65. The number of carbonyl (C=O) groups is 2. The van der Waals surface area contributed by atoms with E-state index in [-0.39, 0.29) is 18.1 Å². The lowest BCUT2D eigenvalue weighted by molar-refractivity contribution is -0.141. The summed E-state index contributed by atoms with van der Waals surface area (Å²) in [5.41, 5.74) is 2.74. The van der Waals surface area contributed by atoms with E-state index >= 15 is 0 Å².